The van der Waals surface area contributed by atoms with E-state index in [1.165, 1.54) is 0 Å². The zero-order valence-corrected chi connectivity index (χ0v) is 13.3. The fraction of sp³-hybridized carbons (Fsp3) is 0.529. The van der Waals surface area contributed by atoms with Crippen LogP contribution >= 0.6 is 0 Å². The third-order valence-electron chi connectivity index (χ3n) is 3.97. The quantitative estimate of drug-likeness (QED) is 0.716. The fourth-order valence-electron chi connectivity index (χ4n) is 2.73. The Morgan fingerprint density at radius 1 is 1.30 bits per heavy atom. The first-order valence-corrected chi connectivity index (χ1v) is 7.85. The molecular formula is C17H23NO5. The van der Waals surface area contributed by atoms with Crippen LogP contribution in [0.3, 0.4) is 0 Å². The van der Waals surface area contributed by atoms with Gasteiger partial charge >= 0.3 is 5.97 Å². The van der Waals surface area contributed by atoms with Gasteiger partial charge in [-0.25, -0.2) is 0 Å². The van der Waals surface area contributed by atoms with E-state index >= 15 is 0 Å². The van der Waals surface area contributed by atoms with Crippen molar-refractivity contribution < 1.29 is 24.2 Å². The lowest BCUT2D eigenvalue weighted by Crippen LogP contribution is -2.33. The topological polar surface area (TPSA) is 84.9 Å². The summed E-state index contributed by atoms with van der Waals surface area (Å²) in [6.45, 7) is 1.16. The van der Waals surface area contributed by atoms with Gasteiger partial charge in [-0.2, -0.15) is 0 Å². The summed E-state index contributed by atoms with van der Waals surface area (Å²) in [6, 6.07) is 6.93. The maximum absolute atomic E-state index is 12.3. The molecule has 1 amide bonds. The van der Waals surface area contributed by atoms with Crippen LogP contribution < -0.4 is 10.1 Å². The summed E-state index contributed by atoms with van der Waals surface area (Å²) in [5.41, 5.74) is 0.521. The van der Waals surface area contributed by atoms with Crippen molar-refractivity contribution in [3.63, 3.8) is 0 Å². The highest BCUT2D eigenvalue weighted by atomic mass is 16.5. The maximum Gasteiger partial charge on any atom is 0.306 e. The SMILES string of the molecule is COCCCOc1cccc(C(=O)N[C@H]2CC[C@@H](C(=O)O)C2)c1. The highest BCUT2D eigenvalue weighted by molar-refractivity contribution is 5.94. The van der Waals surface area contributed by atoms with Crippen molar-refractivity contribution in [3.8, 4) is 5.75 Å². The van der Waals surface area contributed by atoms with Gasteiger partial charge in [0, 0.05) is 31.7 Å². The number of carboxylic acids is 1. The Balaban J connectivity index is 1.86. The molecule has 0 spiro atoms. The summed E-state index contributed by atoms with van der Waals surface area (Å²) in [7, 11) is 1.64. The molecule has 23 heavy (non-hydrogen) atoms. The van der Waals surface area contributed by atoms with E-state index in [0.717, 1.165) is 6.42 Å². The molecule has 6 nitrogen and oxygen atoms in total. The van der Waals surface area contributed by atoms with Gasteiger partial charge in [0.25, 0.3) is 5.91 Å². The van der Waals surface area contributed by atoms with E-state index in [9.17, 15) is 9.59 Å². The fourth-order valence-corrected chi connectivity index (χ4v) is 2.73. The Labute approximate surface area is 135 Å². The maximum atomic E-state index is 12.3. The van der Waals surface area contributed by atoms with Crippen LogP contribution in [0.15, 0.2) is 24.3 Å². The van der Waals surface area contributed by atoms with Gasteiger partial charge in [-0.1, -0.05) is 6.07 Å². The molecule has 0 bridgehead atoms. The molecule has 0 unspecified atom stereocenters. The summed E-state index contributed by atoms with van der Waals surface area (Å²) in [5, 5.41) is 11.9. The molecule has 1 aliphatic carbocycles. The molecule has 0 saturated heterocycles. The minimum absolute atomic E-state index is 0.0742. The Morgan fingerprint density at radius 2 is 2.13 bits per heavy atom. The number of methoxy groups -OCH3 is 1. The number of carbonyl (C=O) groups excluding carboxylic acids is 1. The summed E-state index contributed by atoms with van der Waals surface area (Å²) >= 11 is 0. The van der Waals surface area contributed by atoms with Gasteiger partial charge in [0.15, 0.2) is 0 Å². The molecule has 2 rings (SSSR count). The number of carboxylic acid groups (broad SMARTS) is 1. The summed E-state index contributed by atoms with van der Waals surface area (Å²) < 4.78 is 10.5. The third-order valence-corrected chi connectivity index (χ3v) is 3.97. The lowest BCUT2D eigenvalue weighted by molar-refractivity contribution is -0.141. The van der Waals surface area contributed by atoms with Crippen molar-refractivity contribution in [1.82, 2.24) is 5.32 Å². The summed E-state index contributed by atoms with van der Waals surface area (Å²) in [6.07, 6.45) is 2.60. The smallest absolute Gasteiger partial charge is 0.306 e. The second-order valence-corrected chi connectivity index (χ2v) is 5.74. The van der Waals surface area contributed by atoms with E-state index in [4.69, 9.17) is 14.6 Å². The molecule has 126 valence electrons. The van der Waals surface area contributed by atoms with Crippen molar-refractivity contribution in [2.75, 3.05) is 20.3 Å². The van der Waals surface area contributed by atoms with Crippen LogP contribution in [-0.4, -0.2) is 43.3 Å². The minimum atomic E-state index is -0.784. The normalized spacial score (nSPS) is 20.2. The average Bonchev–Trinajstić information content (AvgIpc) is 3.01. The average molecular weight is 321 g/mol. The molecule has 2 N–H and O–H groups in total. The number of amides is 1. The first kappa shape index (κ1) is 17.3. The number of ether oxygens (including phenoxy) is 2. The Morgan fingerprint density at radius 3 is 2.83 bits per heavy atom. The van der Waals surface area contributed by atoms with Crippen LogP contribution in [0.5, 0.6) is 5.75 Å². The van der Waals surface area contributed by atoms with Gasteiger partial charge in [0.05, 0.1) is 12.5 Å². The standard InChI is InChI=1S/C17H23NO5/c1-22-8-3-9-23-15-5-2-4-12(11-15)16(19)18-14-7-6-13(10-14)17(20)21/h2,4-5,11,13-14H,3,6-10H2,1H3,(H,18,19)(H,20,21)/t13-,14+/m1/s1. The van der Waals surface area contributed by atoms with Crippen molar-refractivity contribution in [3.05, 3.63) is 29.8 Å². The summed E-state index contributed by atoms with van der Waals surface area (Å²) in [5.74, 6) is -0.684. The second-order valence-electron chi connectivity index (χ2n) is 5.74. The largest absolute Gasteiger partial charge is 0.493 e. The molecule has 6 heteroatoms. The number of nitrogens with one attached hydrogen (secondary N) is 1. The zero-order valence-electron chi connectivity index (χ0n) is 13.3. The molecule has 0 heterocycles. The molecule has 1 aromatic rings. The van der Waals surface area contributed by atoms with E-state index < -0.39 is 5.97 Å². The van der Waals surface area contributed by atoms with Crippen LogP contribution in [0.1, 0.15) is 36.0 Å². The Hall–Kier alpha value is -2.08. The van der Waals surface area contributed by atoms with E-state index in [1.807, 2.05) is 0 Å². The van der Waals surface area contributed by atoms with Crippen molar-refractivity contribution in [2.45, 2.75) is 31.7 Å². The highest BCUT2D eigenvalue weighted by Gasteiger charge is 2.30. The predicted octanol–water partition coefficient (Wildman–Crippen LogP) is 2.08. The van der Waals surface area contributed by atoms with Crippen LogP contribution in [-0.2, 0) is 9.53 Å². The third kappa shape index (κ3) is 5.25. The van der Waals surface area contributed by atoms with Gasteiger partial charge in [-0.15, -0.1) is 0 Å². The number of hydrogen-bond acceptors (Lipinski definition) is 4. The summed E-state index contributed by atoms with van der Waals surface area (Å²) in [4.78, 5) is 23.2. The van der Waals surface area contributed by atoms with Gasteiger partial charge in [0.2, 0.25) is 0 Å². The van der Waals surface area contributed by atoms with Crippen LogP contribution in [0.4, 0.5) is 0 Å². The number of benzene rings is 1. The minimum Gasteiger partial charge on any atom is -0.493 e. The van der Waals surface area contributed by atoms with E-state index in [-0.39, 0.29) is 17.9 Å². The zero-order chi connectivity index (χ0) is 16.7. The lowest BCUT2D eigenvalue weighted by Gasteiger charge is -2.13. The van der Waals surface area contributed by atoms with E-state index in [1.54, 1.807) is 31.4 Å². The van der Waals surface area contributed by atoms with Crippen LogP contribution in [0.2, 0.25) is 0 Å². The Kier molecular flexibility index (Phi) is 6.40. The van der Waals surface area contributed by atoms with Crippen LogP contribution in [0.25, 0.3) is 0 Å². The first-order chi connectivity index (χ1) is 11.1. The molecule has 1 aliphatic rings. The molecule has 0 aromatic heterocycles. The lowest BCUT2D eigenvalue weighted by atomic mass is 10.1. The van der Waals surface area contributed by atoms with Gasteiger partial charge in [-0.05, 0) is 37.5 Å². The molecule has 1 fully saturated rings. The number of rotatable bonds is 8. The highest BCUT2D eigenvalue weighted by Crippen LogP contribution is 2.26. The van der Waals surface area contributed by atoms with Crippen LogP contribution in [0, 0.1) is 5.92 Å². The van der Waals surface area contributed by atoms with Gasteiger partial charge < -0.3 is 19.9 Å². The predicted molar refractivity (Wildman–Crippen MR) is 84.7 cm³/mol. The van der Waals surface area contributed by atoms with Gasteiger partial charge in [0.1, 0.15) is 5.75 Å². The Bertz CT molecular complexity index is 546. The van der Waals surface area contributed by atoms with Gasteiger partial charge in [-0.3, -0.25) is 9.59 Å². The monoisotopic (exact) mass is 321 g/mol. The van der Waals surface area contributed by atoms with Crippen molar-refractivity contribution in [1.29, 1.82) is 0 Å². The molecular weight excluding hydrogens is 298 g/mol. The molecule has 1 saturated carbocycles. The molecule has 0 radical (unpaired) electrons. The molecule has 0 aliphatic heterocycles. The van der Waals surface area contributed by atoms with E-state index in [2.05, 4.69) is 5.32 Å². The second kappa shape index (κ2) is 8.53. The number of hydrogen-bond donors (Lipinski definition) is 2. The van der Waals surface area contributed by atoms with Crippen molar-refractivity contribution in [2.24, 2.45) is 5.92 Å². The first-order valence-electron chi connectivity index (χ1n) is 7.85. The van der Waals surface area contributed by atoms with E-state index in [0.29, 0.717) is 43.8 Å². The number of carbonyl (C=O) groups is 2. The van der Waals surface area contributed by atoms with Crippen molar-refractivity contribution >= 4 is 11.9 Å². The molecule has 2 atom stereocenters. The number of aliphatic carboxylic acids is 1. The molecule has 1 aromatic carbocycles.